The molecule has 0 fully saturated rings. The molecule has 0 atom stereocenters. The molecule has 6 nitrogen and oxygen atoms in total. The van der Waals surface area contributed by atoms with Crippen LogP contribution in [0.4, 0.5) is 11.4 Å². The average Bonchev–Trinajstić information content (AvgIpc) is 2.96. The first kappa shape index (κ1) is 13.0. The van der Waals surface area contributed by atoms with Crippen LogP contribution in [0.3, 0.4) is 0 Å². The van der Waals surface area contributed by atoms with Gasteiger partial charge in [0.2, 0.25) is 0 Å². The van der Waals surface area contributed by atoms with Crippen LogP contribution in [0.1, 0.15) is 10.4 Å². The minimum absolute atomic E-state index is 0.269. The molecule has 0 saturated carbocycles. The number of anilines is 2. The molecule has 0 saturated heterocycles. The number of fused-ring (bicyclic) bond motifs is 1. The van der Waals surface area contributed by atoms with E-state index < -0.39 is 0 Å². The number of nitrogens with two attached hydrogens (primary N) is 1. The summed E-state index contributed by atoms with van der Waals surface area (Å²) in [7, 11) is 1.50. The number of rotatable bonds is 3. The summed E-state index contributed by atoms with van der Waals surface area (Å²) >= 11 is 0. The molecule has 21 heavy (non-hydrogen) atoms. The maximum absolute atomic E-state index is 12.4. The van der Waals surface area contributed by atoms with Crippen molar-refractivity contribution in [1.29, 1.82) is 0 Å². The van der Waals surface area contributed by atoms with Gasteiger partial charge in [-0.15, -0.1) is 0 Å². The van der Waals surface area contributed by atoms with E-state index in [1.54, 1.807) is 24.4 Å². The quantitative estimate of drug-likeness (QED) is 0.643. The van der Waals surface area contributed by atoms with Crippen molar-refractivity contribution in [2.45, 2.75) is 0 Å². The fraction of sp³-hybridized carbons (Fsp3) is 0.0667. The monoisotopic (exact) mass is 282 g/mol. The summed E-state index contributed by atoms with van der Waals surface area (Å²) in [6.07, 6.45) is 1.70. The Bertz CT molecular complexity index is 810. The molecule has 1 aromatic heterocycles. The van der Waals surface area contributed by atoms with Crippen molar-refractivity contribution in [3.05, 3.63) is 48.2 Å². The Morgan fingerprint density at radius 2 is 2.19 bits per heavy atom. The molecule has 0 spiro atoms. The molecule has 0 unspecified atom stereocenters. The predicted octanol–water partition coefficient (Wildman–Crippen LogP) is 2.41. The van der Waals surface area contributed by atoms with Crippen LogP contribution in [0.15, 0.2) is 42.6 Å². The number of benzene rings is 2. The summed E-state index contributed by atoms with van der Waals surface area (Å²) < 4.78 is 5.20. The molecule has 106 valence electrons. The van der Waals surface area contributed by atoms with E-state index in [1.165, 1.54) is 7.11 Å². The van der Waals surface area contributed by atoms with Crippen LogP contribution in [-0.2, 0) is 0 Å². The van der Waals surface area contributed by atoms with Gasteiger partial charge in [0.05, 0.1) is 30.1 Å². The van der Waals surface area contributed by atoms with E-state index in [2.05, 4.69) is 15.5 Å². The SMILES string of the molecule is COc1cc(N)ccc1C(=O)Nc1cccc2cn[nH]c12. The van der Waals surface area contributed by atoms with Gasteiger partial charge in [0.15, 0.2) is 0 Å². The van der Waals surface area contributed by atoms with Crippen molar-refractivity contribution in [3.8, 4) is 5.75 Å². The lowest BCUT2D eigenvalue weighted by Gasteiger charge is -2.10. The van der Waals surface area contributed by atoms with Gasteiger partial charge < -0.3 is 15.8 Å². The first-order valence-electron chi connectivity index (χ1n) is 6.36. The summed E-state index contributed by atoms with van der Waals surface area (Å²) in [5.74, 6) is 0.165. The van der Waals surface area contributed by atoms with Crippen LogP contribution in [-0.4, -0.2) is 23.2 Å². The molecule has 0 bridgehead atoms. The molecule has 2 aromatic carbocycles. The van der Waals surface area contributed by atoms with Gasteiger partial charge in [-0.25, -0.2) is 0 Å². The number of hydrogen-bond donors (Lipinski definition) is 3. The number of hydrogen-bond acceptors (Lipinski definition) is 4. The van der Waals surface area contributed by atoms with Gasteiger partial charge in [-0.3, -0.25) is 9.89 Å². The Balaban J connectivity index is 1.95. The van der Waals surface area contributed by atoms with E-state index in [-0.39, 0.29) is 5.91 Å². The van der Waals surface area contributed by atoms with E-state index in [0.717, 1.165) is 10.9 Å². The van der Waals surface area contributed by atoms with Gasteiger partial charge in [0, 0.05) is 17.1 Å². The van der Waals surface area contributed by atoms with Gasteiger partial charge in [-0.2, -0.15) is 5.10 Å². The van der Waals surface area contributed by atoms with E-state index >= 15 is 0 Å². The molecular weight excluding hydrogens is 268 g/mol. The zero-order valence-corrected chi connectivity index (χ0v) is 11.4. The lowest BCUT2D eigenvalue weighted by atomic mass is 10.1. The molecule has 0 aliphatic carbocycles. The minimum atomic E-state index is -0.269. The number of carbonyl (C=O) groups is 1. The van der Waals surface area contributed by atoms with Crippen LogP contribution in [0, 0.1) is 0 Å². The van der Waals surface area contributed by atoms with Gasteiger partial charge in [0.25, 0.3) is 5.91 Å². The summed E-state index contributed by atoms with van der Waals surface area (Å²) in [5.41, 5.74) is 8.09. The van der Waals surface area contributed by atoms with Crippen molar-refractivity contribution in [1.82, 2.24) is 10.2 Å². The van der Waals surface area contributed by atoms with Crippen molar-refractivity contribution in [2.75, 3.05) is 18.2 Å². The third kappa shape index (κ3) is 2.38. The average molecular weight is 282 g/mol. The number of aromatic amines is 1. The van der Waals surface area contributed by atoms with Gasteiger partial charge in [-0.05, 0) is 18.2 Å². The van der Waals surface area contributed by atoms with E-state index in [9.17, 15) is 4.79 Å². The summed E-state index contributed by atoms with van der Waals surface area (Å²) in [5, 5.41) is 10.6. The molecule has 4 N–H and O–H groups in total. The molecule has 3 aromatic rings. The Kier molecular flexibility index (Phi) is 3.19. The highest BCUT2D eigenvalue weighted by molar-refractivity contribution is 6.09. The van der Waals surface area contributed by atoms with Crippen molar-refractivity contribution in [3.63, 3.8) is 0 Å². The van der Waals surface area contributed by atoms with Crippen molar-refractivity contribution in [2.24, 2.45) is 0 Å². The first-order chi connectivity index (χ1) is 10.2. The lowest BCUT2D eigenvalue weighted by molar-refractivity contribution is 0.102. The number of amides is 1. The molecule has 3 rings (SSSR count). The third-order valence-corrected chi connectivity index (χ3v) is 3.20. The Labute approximate surface area is 120 Å². The normalized spacial score (nSPS) is 10.5. The number of ether oxygens (including phenoxy) is 1. The number of carbonyl (C=O) groups excluding carboxylic acids is 1. The van der Waals surface area contributed by atoms with Crippen LogP contribution < -0.4 is 15.8 Å². The van der Waals surface area contributed by atoms with E-state index in [4.69, 9.17) is 10.5 Å². The second-order valence-corrected chi connectivity index (χ2v) is 4.55. The number of nitrogens with zero attached hydrogens (tertiary/aromatic N) is 1. The van der Waals surface area contributed by atoms with Crippen molar-refractivity contribution >= 4 is 28.2 Å². The molecule has 0 aliphatic heterocycles. The maximum Gasteiger partial charge on any atom is 0.259 e. The summed E-state index contributed by atoms with van der Waals surface area (Å²) in [4.78, 5) is 12.4. The zero-order valence-electron chi connectivity index (χ0n) is 11.4. The molecule has 0 aliphatic rings. The Hall–Kier alpha value is -3.02. The topological polar surface area (TPSA) is 93.0 Å². The molecule has 0 radical (unpaired) electrons. The smallest absolute Gasteiger partial charge is 0.259 e. The number of nitrogens with one attached hydrogen (secondary N) is 2. The van der Waals surface area contributed by atoms with Crippen molar-refractivity contribution < 1.29 is 9.53 Å². The van der Waals surface area contributed by atoms with Crippen LogP contribution in [0.25, 0.3) is 10.9 Å². The molecule has 1 heterocycles. The predicted molar refractivity (Wildman–Crippen MR) is 81.5 cm³/mol. The van der Waals surface area contributed by atoms with Gasteiger partial charge in [0.1, 0.15) is 5.75 Å². The maximum atomic E-state index is 12.4. The molecule has 1 amide bonds. The third-order valence-electron chi connectivity index (χ3n) is 3.20. The van der Waals surface area contributed by atoms with E-state index in [0.29, 0.717) is 22.7 Å². The van der Waals surface area contributed by atoms with Crippen LogP contribution >= 0.6 is 0 Å². The lowest BCUT2D eigenvalue weighted by Crippen LogP contribution is -2.13. The highest BCUT2D eigenvalue weighted by atomic mass is 16.5. The Morgan fingerprint density at radius 1 is 1.33 bits per heavy atom. The summed E-state index contributed by atoms with van der Waals surface area (Å²) in [6, 6.07) is 10.5. The largest absolute Gasteiger partial charge is 0.496 e. The van der Waals surface area contributed by atoms with Crippen LogP contribution in [0.5, 0.6) is 5.75 Å². The number of nitrogen functional groups attached to an aromatic ring is 1. The Morgan fingerprint density at radius 3 is 3.00 bits per heavy atom. The second-order valence-electron chi connectivity index (χ2n) is 4.55. The highest BCUT2D eigenvalue weighted by Crippen LogP contribution is 2.25. The second kappa shape index (κ2) is 5.16. The van der Waals surface area contributed by atoms with E-state index in [1.807, 2.05) is 18.2 Å². The fourth-order valence-electron chi connectivity index (χ4n) is 2.16. The van der Waals surface area contributed by atoms with Crippen LogP contribution in [0.2, 0.25) is 0 Å². The molecular formula is C15H14N4O2. The number of aromatic nitrogens is 2. The standard InChI is InChI=1S/C15H14N4O2/c1-21-13-7-10(16)5-6-11(13)15(20)18-12-4-2-3-9-8-17-19-14(9)12/h2-8H,16H2,1H3,(H,17,19)(H,18,20). The molecule has 6 heteroatoms. The van der Waals surface area contributed by atoms with Gasteiger partial charge in [-0.1, -0.05) is 12.1 Å². The fourth-order valence-corrected chi connectivity index (χ4v) is 2.16. The highest BCUT2D eigenvalue weighted by Gasteiger charge is 2.14. The number of methoxy groups -OCH3 is 1. The number of para-hydroxylation sites is 1. The summed E-state index contributed by atoms with van der Waals surface area (Å²) in [6.45, 7) is 0. The zero-order chi connectivity index (χ0) is 14.8. The van der Waals surface area contributed by atoms with Gasteiger partial charge >= 0.3 is 0 Å². The number of H-pyrrole nitrogens is 1. The first-order valence-corrected chi connectivity index (χ1v) is 6.36. The minimum Gasteiger partial charge on any atom is -0.496 e.